The van der Waals surface area contributed by atoms with Gasteiger partial charge in [-0.2, -0.15) is 0 Å². The molecule has 2 heterocycles. The van der Waals surface area contributed by atoms with Crippen LogP contribution in [-0.4, -0.2) is 48.0 Å². The number of benzene rings is 2. The van der Waals surface area contributed by atoms with Crippen LogP contribution in [0.3, 0.4) is 0 Å². The Labute approximate surface area is 153 Å². The molecule has 26 heavy (non-hydrogen) atoms. The summed E-state index contributed by atoms with van der Waals surface area (Å²) in [6, 6.07) is 20.4. The number of ether oxygens (including phenoxy) is 1. The topological polar surface area (TPSA) is 49.9 Å². The van der Waals surface area contributed by atoms with Crippen molar-refractivity contribution in [2.45, 2.75) is 12.5 Å². The lowest BCUT2D eigenvalue weighted by Crippen LogP contribution is -2.39. The van der Waals surface area contributed by atoms with E-state index in [-0.39, 0.29) is 17.7 Å². The molecule has 0 unspecified atom stereocenters. The van der Waals surface area contributed by atoms with Gasteiger partial charge in [-0.25, -0.2) is 9.69 Å². The van der Waals surface area contributed by atoms with E-state index in [9.17, 15) is 9.59 Å². The first kappa shape index (κ1) is 16.8. The van der Waals surface area contributed by atoms with Gasteiger partial charge in [-0.1, -0.05) is 60.7 Å². The van der Waals surface area contributed by atoms with E-state index in [4.69, 9.17) is 4.74 Å². The highest BCUT2D eigenvalue weighted by Crippen LogP contribution is 2.35. The zero-order valence-electron chi connectivity index (χ0n) is 14.6. The van der Waals surface area contributed by atoms with Gasteiger partial charge in [0.25, 0.3) is 0 Å². The fraction of sp³-hybridized carbons (Fsp3) is 0.333. The number of hydrogen-bond donors (Lipinski definition) is 0. The summed E-state index contributed by atoms with van der Waals surface area (Å²) in [5.74, 6) is -0.260. The van der Waals surface area contributed by atoms with E-state index in [1.165, 1.54) is 10.5 Å². The van der Waals surface area contributed by atoms with E-state index in [2.05, 4.69) is 29.2 Å². The van der Waals surface area contributed by atoms with Crippen LogP contribution in [-0.2, 0) is 16.1 Å². The van der Waals surface area contributed by atoms with Crippen LogP contribution in [0.4, 0.5) is 4.79 Å². The molecule has 2 aromatic carbocycles. The highest BCUT2D eigenvalue weighted by atomic mass is 16.6. The predicted molar refractivity (Wildman–Crippen MR) is 97.5 cm³/mol. The Hall–Kier alpha value is -2.66. The molecule has 0 radical (unpaired) electrons. The average molecular weight is 350 g/mol. The fourth-order valence-electron chi connectivity index (χ4n) is 3.94. The van der Waals surface area contributed by atoms with E-state index < -0.39 is 6.09 Å². The molecule has 2 atom stereocenters. The van der Waals surface area contributed by atoms with Gasteiger partial charge in [-0.05, 0) is 11.1 Å². The maximum Gasteiger partial charge on any atom is 0.416 e. The zero-order chi connectivity index (χ0) is 17.9. The van der Waals surface area contributed by atoms with Crippen LogP contribution in [0.1, 0.15) is 17.0 Å². The lowest BCUT2D eigenvalue weighted by atomic mass is 9.88. The van der Waals surface area contributed by atoms with Gasteiger partial charge in [0.2, 0.25) is 5.91 Å². The smallest absolute Gasteiger partial charge is 0.416 e. The van der Waals surface area contributed by atoms with Gasteiger partial charge >= 0.3 is 6.09 Å². The summed E-state index contributed by atoms with van der Waals surface area (Å²) in [5.41, 5.74) is 2.38. The van der Waals surface area contributed by atoms with Gasteiger partial charge in [0.05, 0.1) is 12.5 Å². The molecule has 2 saturated heterocycles. The number of carbonyl (C=O) groups is 2. The maximum absolute atomic E-state index is 13.0. The first-order valence-corrected chi connectivity index (χ1v) is 9.02. The molecule has 0 N–H and O–H groups in total. The molecule has 2 aliphatic heterocycles. The second-order valence-corrected chi connectivity index (χ2v) is 6.91. The van der Waals surface area contributed by atoms with Crippen molar-refractivity contribution in [3.05, 3.63) is 71.8 Å². The molecule has 2 aliphatic rings. The average Bonchev–Trinajstić information content (AvgIpc) is 3.29. The summed E-state index contributed by atoms with van der Waals surface area (Å²) in [6.07, 6.45) is -0.511. The minimum Gasteiger partial charge on any atom is -0.447 e. The van der Waals surface area contributed by atoms with Crippen LogP contribution in [0.25, 0.3) is 0 Å². The van der Waals surface area contributed by atoms with Gasteiger partial charge in [0.15, 0.2) is 0 Å². The van der Waals surface area contributed by atoms with Crippen molar-refractivity contribution >= 4 is 12.0 Å². The molecular formula is C21H22N2O3. The molecule has 0 aromatic heterocycles. The Kier molecular flexibility index (Phi) is 4.71. The minimum absolute atomic E-state index is 0.0841. The number of nitrogens with zero attached hydrogens (tertiary/aromatic N) is 2. The molecule has 5 heteroatoms. The van der Waals surface area contributed by atoms with Crippen molar-refractivity contribution in [1.29, 1.82) is 0 Å². The van der Waals surface area contributed by atoms with Crippen molar-refractivity contribution in [2.24, 2.45) is 5.92 Å². The SMILES string of the molecule is O=C1OCCN1C(=O)[C@@H]1CN(Cc2ccccc2)C[C@H]1c1ccccc1. The number of hydrogen-bond acceptors (Lipinski definition) is 4. The van der Waals surface area contributed by atoms with Crippen LogP contribution in [0.2, 0.25) is 0 Å². The molecule has 0 saturated carbocycles. The second-order valence-electron chi connectivity index (χ2n) is 6.91. The normalized spacial score (nSPS) is 23.2. The van der Waals surface area contributed by atoms with Crippen LogP contribution < -0.4 is 0 Å². The summed E-state index contributed by atoms with van der Waals surface area (Å²) in [7, 11) is 0. The molecule has 0 bridgehead atoms. The molecule has 2 amide bonds. The van der Waals surface area contributed by atoms with Crippen molar-refractivity contribution in [3.63, 3.8) is 0 Å². The Bertz CT molecular complexity index is 778. The second kappa shape index (κ2) is 7.30. The van der Waals surface area contributed by atoms with E-state index in [1.54, 1.807) is 0 Å². The molecule has 2 fully saturated rings. The number of imide groups is 1. The summed E-state index contributed by atoms with van der Waals surface area (Å²) < 4.78 is 4.96. The largest absolute Gasteiger partial charge is 0.447 e. The molecule has 0 aliphatic carbocycles. The van der Waals surface area contributed by atoms with Gasteiger partial charge in [0, 0.05) is 25.6 Å². The summed E-state index contributed by atoms with van der Waals surface area (Å²) in [5, 5.41) is 0. The lowest BCUT2D eigenvalue weighted by molar-refractivity contribution is -0.132. The van der Waals surface area contributed by atoms with Crippen molar-refractivity contribution in [3.8, 4) is 0 Å². The van der Waals surface area contributed by atoms with E-state index in [0.717, 1.165) is 18.7 Å². The summed E-state index contributed by atoms with van der Waals surface area (Å²) in [4.78, 5) is 28.5. The monoisotopic (exact) mass is 350 g/mol. The number of carbonyl (C=O) groups excluding carboxylic acids is 2. The number of rotatable bonds is 4. The van der Waals surface area contributed by atoms with Gasteiger partial charge in [0.1, 0.15) is 6.61 Å². The molecule has 0 spiro atoms. The van der Waals surface area contributed by atoms with Gasteiger partial charge in [-0.3, -0.25) is 9.69 Å². The highest BCUT2D eigenvalue weighted by molar-refractivity contribution is 5.95. The summed E-state index contributed by atoms with van der Waals surface area (Å²) >= 11 is 0. The van der Waals surface area contributed by atoms with Gasteiger partial charge in [-0.15, -0.1) is 0 Å². The van der Waals surface area contributed by atoms with Crippen LogP contribution in [0, 0.1) is 5.92 Å². The highest BCUT2D eigenvalue weighted by Gasteiger charge is 2.43. The van der Waals surface area contributed by atoms with Crippen molar-refractivity contribution < 1.29 is 14.3 Å². The lowest BCUT2D eigenvalue weighted by Gasteiger charge is -2.21. The van der Waals surface area contributed by atoms with Crippen molar-refractivity contribution in [2.75, 3.05) is 26.2 Å². The third-order valence-corrected chi connectivity index (χ3v) is 5.22. The molecular weight excluding hydrogens is 328 g/mol. The van der Waals surface area contributed by atoms with Gasteiger partial charge < -0.3 is 4.74 Å². The Balaban J connectivity index is 1.57. The van der Waals surface area contributed by atoms with Crippen molar-refractivity contribution in [1.82, 2.24) is 9.80 Å². The summed E-state index contributed by atoms with van der Waals surface area (Å²) in [6.45, 7) is 2.91. The Morgan fingerprint density at radius 2 is 1.69 bits per heavy atom. The number of likely N-dealkylation sites (tertiary alicyclic amines) is 1. The van der Waals surface area contributed by atoms with Crippen LogP contribution in [0.5, 0.6) is 0 Å². The van der Waals surface area contributed by atoms with E-state index in [1.807, 2.05) is 36.4 Å². The van der Waals surface area contributed by atoms with E-state index in [0.29, 0.717) is 19.7 Å². The number of cyclic esters (lactones) is 1. The first-order chi connectivity index (χ1) is 12.7. The third-order valence-electron chi connectivity index (χ3n) is 5.22. The standard InChI is InChI=1S/C21H22N2O3/c24-20(23-11-12-26-21(23)25)19-15-22(13-16-7-3-1-4-8-16)14-18(19)17-9-5-2-6-10-17/h1-10,18-19H,11-15H2/t18-,19+/m0/s1. The fourth-order valence-corrected chi connectivity index (χ4v) is 3.94. The predicted octanol–water partition coefficient (Wildman–Crippen LogP) is 2.88. The minimum atomic E-state index is -0.511. The van der Waals surface area contributed by atoms with Crippen LogP contribution >= 0.6 is 0 Å². The molecule has 134 valence electrons. The van der Waals surface area contributed by atoms with Crippen LogP contribution in [0.15, 0.2) is 60.7 Å². The quantitative estimate of drug-likeness (QED) is 0.851. The maximum atomic E-state index is 13.0. The van der Waals surface area contributed by atoms with E-state index >= 15 is 0 Å². The Morgan fingerprint density at radius 1 is 1.00 bits per heavy atom. The third kappa shape index (κ3) is 3.35. The molecule has 4 rings (SSSR count). The number of amides is 2. The first-order valence-electron chi connectivity index (χ1n) is 9.02. The zero-order valence-corrected chi connectivity index (χ0v) is 14.6. The molecule has 2 aromatic rings. The molecule has 5 nitrogen and oxygen atoms in total. The Morgan fingerprint density at radius 3 is 2.35 bits per heavy atom.